The van der Waals surface area contributed by atoms with Gasteiger partial charge in [0.15, 0.2) is 0 Å². The highest BCUT2D eigenvalue weighted by Gasteiger charge is 2.33. The quantitative estimate of drug-likeness (QED) is 0.700. The largest absolute Gasteiger partial charge is 0.417 e. The smallest absolute Gasteiger partial charge is 0.322 e. The molecule has 0 fully saturated rings. The van der Waals surface area contributed by atoms with E-state index < -0.39 is 22.7 Å². The fraction of sp³-hybridized carbons (Fsp3) is 0.0714. The van der Waals surface area contributed by atoms with Crippen molar-refractivity contribution in [1.82, 2.24) is 0 Å². The van der Waals surface area contributed by atoms with Crippen LogP contribution in [0.5, 0.6) is 0 Å². The van der Waals surface area contributed by atoms with Gasteiger partial charge in [0.25, 0.3) is 5.91 Å². The Hall–Kier alpha value is -1.43. The topological polar surface area (TPSA) is 29.1 Å². The summed E-state index contributed by atoms with van der Waals surface area (Å²) in [6.45, 7) is 0. The minimum Gasteiger partial charge on any atom is -0.322 e. The Kier molecular flexibility index (Phi) is 4.90. The number of alkyl halides is 3. The van der Waals surface area contributed by atoms with E-state index in [9.17, 15) is 18.0 Å². The maximum Gasteiger partial charge on any atom is 0.417 e. The monoisotopic (exact) mass is 367 g/mol. The lowest BCUT2D eigenvalue weighted by atomic mass is 10.1. The van der Waals surface area contributed by atoms with Gasteiger partial charge in [0, 0.05) is 10.7 Å². The minimum absolute atomic E-state index is 0.0534. The zero-order chi connectivity index (χ0) is 16.5. The molecule has 1 amide bonds. The van der Waals surface area contributed by atoms with Crippen molar-refractivity contribution in [2.24, 2.45) is 0 Å². The number of carbonyl (C=O) groups is 1. The average molecular weight is 369 g/mol. The van der Waals surface area contributed by atoms with E-state index in [1.165, 1.54) is 24.3 Å². The summed E-state index contributed by atoms with van der Waals surface area (Å²) in [7, 11) is 0. The van der Waals surface area contributed by atoms with Gasteiger partial charge >= 0.3 is 6.18 Å². The molecular weight excluding hydrogens is 362 g/mol. The van der Waals surface area contributed by atoms with Gasteiger partial charge in [-0.2, -0.15) is 13.2 Å². The molecule has 2 aromatic carbocycles. The summed E-state index contributed by atoms with van der Waals surface area (Å²) >= 11 is 17.1. The molecule has 0 unspecified atom stereocenters. The molecule has 0 saturated heterocycles. The number of hydrogen-bond donors (Lipinski definition) is 1. The third kappa shape index (κ3) is 3.85. The van der Waals surface area contributed by atoms with Crippen molar-refractivity contribution >= 4 is 46.4 Å². The van der Waals surface area contributed by atoms with Crippen molar-refractivity contribution in [3.8, 4) is 0 Å². The maximum absolute atomic E-state index is 12.8. The normalized spacial score (nSPS) is 11.4. The lowest BCUT2D eigenvalue weighted by molar-refractivity contribution is -0.137. The van der Waals surface area contributed by atoms with Crippen LogP contribution in [0.15, 0.2) is 36.4 Å². The molecule has 2 aromatic rings. The number of rotatable bonds is 2. The average Bonchev–Trinajstić information content (AvgIpc) is 2.42. The Labute approximate surface area is 138 Å². The molecule has 0 aliphatic carbocycles. The van der Waals surface area contributed by atoms with Crippen LogP contribution < -0.4 is 5.32 Å². The molecule has 1 N–H and O–H groups in total. The van der Waals surface area contributed by atoms with Gasteiger partial charge in [-0.25, -0.2) is 0 Å². The van der Waals surface area contributed by atoms with Crippen molar-refractivity contribution in [3.63, 3.8) is 0 Å². The Morgan fingerprint density at radius 1 is 0.955 bits per heavy atom. The van der Waals surface area contributed by atoms with Gasteiger partial charge in [0.05, 0.1) is 21.2 Å². The highest BCUT2D eigenvalue weighted by atomic mass is 35.5. The van der Waals surface area contributed by atoms with E-state index in [2.05, 4.69) is 5.32 Å². The Morgan fingerprint density at radius 3 is 2.23 bits per heavy atom. The van der Waals surface area contributed by atoms with Gasteiger partial charge in [-0.15, -0.1) is 0 Å². The highest BCUT2D eigenvalue weighted by molar-refractivity contribution is 6.36. The molecule has 2 rings (SSSR count). The second kappa shape index (κ2) is 6.36. The van der Waals surface area contributed by atoms with E-state index in [0.29, 0.717) is 0 Å². The Bertz CT molecular complexity index is 732. The number of hydrogen-bond acceptors (Lipinski definition) is 1. The van der Waals surface area contributed by atoms with Gasteiger partial charge in [-0.1, -0.05) is 34.8 Å². The fourth-order valence-corrected chi connectivity index (χ4v) is 2.29. The summed E-state index contributed by atoms with van der Waals surface area (Å²) < 4.78 is 38.3. The summed E-state index contributed by atoms with van der Waals surface area (Å²) in [5.41, 5.74) is -1.04. The van der Waals surface area contributed by atoms with E-state index in [1.807, 2.05) is 0 Å². The molecule has 116 valence electrons. The number of carbonyl (C=O) groups excluding carboxylic acids is 1. The van der Waals surface area contributed by atoms with E-state index in [-0.39, 0.29) is 21.3 Å². The highest BCUT2D eigenvalue weighted by Crippen LogP contribution is 2.36. The van der Waals surface area contributed by atoms with Crippen molar-refractivity contribution < 1.29 is 18.0 Å². The summed E-state index contributed by atoms with van der Waals surface area (Å²) in [6, 6.07) is 7.29. The summed E-state index contributed by atoms with van der Waals surface area (Å²) in [5.74, 6) is -0.678. The number of anilines is 1. The molecule has 0 aliphatic rings. The zero-order valence-corrected chi connectivity index (χ0v) is 12.9. The first-order valence-corrected chi connectivity index (χ1v) is 6.95. The Morgan fingerprint density at radius 2 is 1.59 bits per heavy atom. The first-order valence-electron chi connectivity index (χ1n) is 5.81. The van der Waals surface area contributed by atoms with Crippen LogP contribution in [0, 0.1) is 0 Å². The molecular formula is C14H7Cl3F3NO. The summed E-state index contributed by atoms with van der Waals surface area (Å²) in [5, 5.41) is 2.28. The zero-order valence-electron chi connectivity index (χ0n) is 10.6. The molecule has 2 nitrogen and oxygen atoms in total. The predicted molar refractivity (Wildman–Crippen MR) is 80.9 cm³/mol. The number of amides is 1. The van der Waals surface area contributed by atoms with Gasteiger partial charge in [0.2, 0.25) is 0 Å². The lowest BCUT2D eigenvalue weighted by Gasteiger charge is -2.12. The first-order chi connectivity index (χ1) is 10.2. The van der Waals surface area contributed by atoms with Crippen LogP contribution in [0.1, 0.15) is 15.9 Å². The van der Waals surface area contributed by atoms with Crippen LogP contribution in [-0.4, -0.2) is 5.91 Å². The second-order valence-electron chi connectivity index (χ2n) is 4.27. The van der Waals surface area contributed by atoms with Gasteiger partial charge in [-0.05, 0) is 36.4 Å². The van der Waals surface area contributed by atoms with Crippen molar-refractivity contribution in [3.05, 3.63) is 62.6 Å². The molecule has 0 aromatic heterocycles. The van der Waals surface area contributed by atoms with Crippen molar-refractivity contribution in [2.45, 2.75) is 6.18 Å². The van der Waals surface area contributed by atoms with E-state index in [1.54, 1.807) is 0 Å². The molecule has 0 aliphatic heterocycles. The van der Waals surface area contributed by atoms with Crippen LogP contribution in [-0.2, 0) is 6.18 Å². The maximum atomic E-state index is 12.8. The van der Waals surface area contributed by atoms with Gasteiger partial charge in [-0.3, -0.25) is 4.79 Å². The lowest BCUT2D eigenvalue weighted by Crippen LogP contribution is -2.14. The van der Waals surface area contributed by atoms with Crippen LogP contribution in [0.3, 0.4) is 0 Å². The second-order valence-corrected chi connectivity index (χ2v) is 5.52. The molecule has 0 bridgehead atoms. The van der Waals surface area contributed by atoms with Crippen LogP contribution in [0.25, 0.3) is 0 Å². The van der Waals surface area contributed by atoms with Crippen LogP contribution in [0.4, 0.5) is 18.9 Å². The number of benzene rings is 2. The summed E-state index contributed by atoms with van der Waals surface area (Å²) in [6.07, 6.45) is -4.62. The molecule has 0 heterocycles. The minimum atomic E-state index is -4.62. The molecule has 0 atom stereocenters. The molecule has 22 heavy (non-hydrogen) atoms. The van der Waals surface area contributed by atoms with E-state index in [0.717, 1.165) is 12.1 Å². The van der Waals surface area contributed by atoms with Gasteiger partial charge in [0.1, 0.15) is 0 Å². The molecule has 0 saturated carbocycles. The fourth-order valence-electron chi connectivity index (χ4n) is 1.69. The SMILES string of the molecule is O=C(Nc1ccc(Cl)c(C(F)(F)F)c1)c1cc(Cl)ccc1Cl. The van der Waals surface area contributed by atoms with Crippen molar-refractivity contribution in [2.75, 3.05) is 5.32 Å². The third-order valence-electron chi connectivity index (χ3n) is 2.70. The Balaban J connectivity index is 2.31. The molecule has 0 radical (unpaired) electrons. The standard InChI is InChI=1S/C14H7Cl3F3NO/c15-7-1-3-11(16)9(5-7)13(22)21-8-2-4-12(17)10(6-8)14(18,19)20/h1-6H,(H,21,22). The first kappa shape index (κ1) is 16.9. The van der Waals surface area contributed by atoms with Crippen molar-refractivity contribution in [1.29, 1.82) is 0 Å². The predicted octanol–water partition coefficient (Wildman–Crippen LogP) is 5.92. The van der Waals surface area contributed by atoms with Crippen LogP contribution in [0.2, 0.25) is 15.1 Å². The number of halogens is 6. The molecule has 0 spiro atoms. The molecule has 8 heteroatoms. The number of nitrogens with one attached hydrogen (secondary N) is 1. The summed E-state index contributed by atoms with van der Waals surface area (Å²) in [4.78, 5) is 12.1. The van der Waals surface area contributed by atoms with E-state index in [4.69, 9.17) is 34.8 Å². The van der Waals surface area contributed by atoms with E-state index >= 15 is 0 Å². The van der Waals surface area contributed by atoms with Gasteiger partial charge < -0.3 is 5.32 Å². The third-order valence-corrected chi connectivity index (χ3v) is 3.60. The van der Waals surface area contributed by atoms with Crippen LogP contribution >= 0.6 is 34.8 Å².